The Morgan fingerprint density at radius 1 is 1.37 bits per heavy atom. The van der Waals surface area contributed by atoms with Crippen LogP contribution in [0, 0.1) is 0 Å². The van der Waals surface area contributed by atoms with Gasteiger partial charge in [0, 0.05) is 5.25 Å². The second kappa shape index (κ2) is 9.17. The fourth-order valence-corrected chi connectivity index (χ4v) is 2.36. The largest absolute Gasteiger partial charge is 0.343 e. The zero-order valence-corrected chi connectivity index (χ0v) is 12.2. The molecule has 5 N–H and O–H groups in total. The van der Waals surface area contributed by atoms with Crippen LogP contribution >= 0.6 is 11.9 Å². The summed E-state index contributed by atoms with van der Waals surface area (Å²) in [7, 11) is 1.70. The van der Waals surface area contributed by atoms with Gasteiger partial charge >= 0.3 is 0 Å². The molecule has 0 saturated heterocycles. The summed E-state index contributed by atoms with van der Waals surface area (Å²) in [5.74, 6) is -0.273. The van der Waals surface area contributed by atoms with Gasteiger partial charge in [0.1, 0.15) is 6.04 Å². The number of carbonyl (C=O) groups is 2. The van der Waals surface area contributed by atoms with Crippen LogP contribution in [0.1, 0.15) is 32.1 Å². The smallest absolute Gasteiger partial charge is 0.252 e. The Kier molecular flexibility index (Phi) is 7.85. The predicted octanol–water partition coefficient (Wildman–Crippen LogP) is -0.254. The summed E-state index contributed by atoms with van der Waals surface area (Å²) >= 11 is 1.47. The fraction of sp³-hybridized carbons (Fsp3) is 0.833. The number of nitrogens with two attached hydrogens (primary N) is 1. The average molecular weight is 288 g/mol. The SMILES string of the molecule is CNCC(=O)NC(CCCCN)C(=O)NSC1CC1. The maximum atomic E-state index is 12.0. The summed E-state index contributed by atoms with van der Waals surface area (Å²) in [5, 5.41) is 6.08. The van der Waals surface area contributed by atoms with Crippen LogP contribution in [0.5, 0.6) is 0 Å². The van der Waals surface area contributed by atoms with Crippen LogP contribution in [0.4, 0.5) is 0 Å². The van der Waals surface area contributed by atoms with Gasteiger partial charge in [0.05, 0.1) is 6.54 Å². The van der Waals surface area contributed by atoms with Crippen molar-refractivity contribution in [3.05, 3.63) is 0 Å². The first-order chi connectivity index (χ1) is 9.17. The van der Waals surface area contributed by atoms with Gasteiger partial charge in [-0.3, -0.25) is 14.3 Å². The molecule has 1 saturated carbocycles. The van der Waals surface area contributed by atoms with Gasteiger partial charge in [-0.05, 0) is 57.6 Å². The zero-order valence-electron chi connectivity index (χ0n) is 11.4. The molecule has 1 fully saturated rings. The van der Waals surface area contributed by atoms with E-state index in [2.05, 4.69) is 15.4 Å². The predicted molar refractivity (Wildman–Crippen MR) is 77.5 cm³/mol. The quantitative estimate of drug-likeness (QED) is 0.328. The number of hydrogen-bond acceptors (Lipinski definition) is 5. The molecule has 2 amide bonds. The Hall–Kier alpha value is -0.790. The summed E-state index contributed by atoms with van der Waals surface area (Å²) in [6.45, 7) is 0.825. The molecule has 0 aliphatic heterocycles. The molecule has 0 heterocycles. The van der Waals surface area contributed by atoms with E-state index >= 15 is 0 Å². The molecule has 1 rings (SSSR count). The van der Waals surface area contributed by atoms with Crippen molar-refractivity contribution in [2.45, 2.75) is 43.4 Å². The molecule has 0 radical (unpaired) electrons. The molecule has 0 bridgehead atoms. The first kappa shape index (κ1) is 16.3. The van der Waals surface area contributed by atoms with E-state index in [1.54, 1.807) is 7.05 Å². The lowest BCUT2D eigenvalue weighted by Crippen LogP contribution is -2.47. The average Bonchev–Trinajstić information content (AvgIpc) is 3.19. The molecule has 0 spiro atoms. The number of likely N-dealkylation sites (N-methyl/N-ethyl adjacent to an activating group) is 1. The summed E-state index contributed by atoms with van der Waals surface area (Å²) in [5.41, 5.74) is 5.44. The summed E-state index contributed by atoms with van der Waals surface area (Å²) in [6, 6.07) is -0.460. The number of rotatable bonds is 10. The molecule has 1 aliphatic carbocycles. The van der Waals surface area contributed by atoms with Crippen LogP contribution in [0.15, 0.2) is 0 Å². The molecule has 0 aromatic rings. The minimum atomic E-state index is -0.460. The third kappa shape index (κ3) is 7.39. The van der Waals surface area contributed by atoms with Crippen LogP contribution in [-0.4, -0.2) is 43.2 Å². The minimum absolute atomic E-state index is 0.113. The van der Waals surface area contributed by atoms with E-state index in [0.29, 0.717) is 18.2 Å². The highest BCUT2D eigenvalue weighted by Crippen LogP contribution is 2.31. The number of hydrogen-bond donors (Lipinski definition) is 4. The Balaban J connectivity index is 2.35. The van der Waals surface area contributed by atoms with Crippen molar-refractivity contribution in [3.8, 4) is 0 Å². The Bertz CT molecular complexity index is 297. The zero-order chi connectivity index (χ0) is 14.1. The third-order valence-corrected chi connectivity index (χ3v) is 3.91. The summed E-state index contributed by atoms with van der Waals surface area (Å²) in [6.07, 6.45) is 4.65. The highest BCUT2D eigenvalue weighted by Gasteiger charge is 2.26. The van der Waals surface area contributed by atoms with Gasteiger partial charge in [0.15, 0.2) is 0 Å². The monoisotopic (exact) mass is 288 g/mol. The van der Waals surface area contributed by atoms with Crippen LogP contribution in [0.25, 0.3) is 0 Å². The lowest BCUT2D eigenvalue weighted by Gasteiger charge is -2.18. The highest BCUT2D eigenvalue weighted by atomic mass is 32.2. The highest BCUT2D eigenvalue weighted by molar-refractivity contribution is 7.98. The number of amides is 2. The van der Waals surface area contributed by atoms with Crippen molar-refractivity contribution in [3.63, 3.8) is 0 Å². The molecule has 7 heteroatoms. The van der Waals surface area contributed by atoms with Crippen molar-refractivity contribution in [1.29, 1.82) is 0 Å². The van der Waals surface area contributed by atoms with Crippen molar-refractivity contribution in [2.24, 2.45) is 5.73 Å². The third-order valence-electron chi connectivity index (χ3n) is 2.79. The lowest BCUT2D eigenvalue weighted by molar-refractivity contribution is -0.127. The number of nitrogens with one attached hydrogen (secondary N) is 3. The second-order valence-electron chi connectivity index (χ2n) is 4.72. The van der Waals surface area contributed by atoms with Crippen molar-refractivity contribution in [1.82, 2.24) is 15.4 Å². The topological polar surface area (TPSA) is 96.2 Å². The van der Waals surface area contributed by atoms with Crippen LogP contribution < -0.4 is 21.1 Å². The molecule has 1 unspecified atom stereocenters. The normalized spacial score (nSPS) is 15.9. The van der Waals surface area contributed by atoms with Gasteiger partial charge in [0.25, 0.3) is 5.91 Å². The number of unbranched alkanes of at least 4 members (excludes halogenated alkanes) is 1. The minimum Gasteiger partial charge on any atom is -0.343 e. The van der Waals surface area contributed by atoms with Crippen LogP contribution in [0.3, 0.4) is 0 Å². The Morgan fingerprint density at radius 2 is 2.11 bits per heavy atom. The first-order valence-electron chi connectivity index (χ1n) is 6.77. The molecule has 110 valence electrons. The standard InChI is InChI=1S/C12H24N4O2S/c1-14-8-11(17)15-10(4-2-3-7-13)12(18)16-19-9-5-6-9/h9-10,14H,2-8,13H2,1H3,(H,15,17)(H,16,18). The second-order valence-corrected chi connectivity index (χ2v) is 5.82. The van der Waals surface area contributed by atoms with E-state index in [1.807, 2.05) is 0 Å². The maximum Gasteiger partial charge on any atom is 0.252 e. The molecular weight excluding hydrogens is 264 g/mol. The first-order valence-corrected chi connectivity index (χ1v) is 7.65. The molecule has 1 atom stereocenters. The summed E-state index contributed by atoms with van der Waals surface area (Å²) in [4.78, 5) is 23.6. The van der Waals surface area contributed by atoms with E-state index in [-0.39, 0.29) is 18.4 Å². The lowest BCUT2D eigenvalue weighted by atomic mass is 10.1. The molecule has 1 aliphatic rings. The van der Waals surface area contributed by atoms with E-state index in [1.165, 1.54) is 11.9 Å². The van der Waals surface area contributed by atoms with Crippen molar-refractivity contribution >= 4 is 23.8 Å². The molecule has 6 nitrogen and oxygen atoms in total. The Morgan fingerprint density at radius 3 is 2.68 bits per heavy atom. The summed E-state index contributed by atoms with van der Waals surface area (Å²) < 4.78 is 2.83. The number of carbonyl (C=O) groups excluding carboxylic acids is 2. The van der Waals surface area contributed by atoms with E-state index in [4.69, 9.17) is 5.73 Å². The van der Waals surface area contributed by atoms with E-state index in [9.17, 15) is 9.59 Å². The van der Waals surface area contributed by atoms with Crippen molar-refractivity contribution < 1.29 is 9.59 Å². The van der Waals surface area contributed by atoms with Crippen LogP contribution in [-0.2, 0) is 9.59 Å². The van der Waals surface area contributed by atoms with Crippen LogP contribution in [0.2, 0.25) is 0 Å². The molecular formula is C12H24N4O2S. The fourth-order valence-electron chi connectivity index (χ4n) is 1.57. The molecule has 19 heavy (non-hydrogen) atoms. The van der Waals surface area contributed by atoms with Gasteiger partial charge < -0.3 is 16.4 Å². The van der Waals surface area contributed by atoms with Gasteiger partial charge in [-0.15, -0.1) is 0 Å². The van der Waals surface area contributed by atoms with Crippen molar-refractivity contribution in [2.75, 3.05) is 20.1 Å². The van der Waals surface area contributed by atoms with Gasteiger partial charge in [-0.25, -0.2) is 0 Å². The van der Waals surface area contributed by atoms with Gasteiger partial charge in [0.2, 0.25) is 5.91 Å². The van der Waals surface area contributed by atoms with E-state index < -0.39 is 6.04 Å². The maximum absolute atomic E-state index is 12.0. The molecule has 0 aromatic carbocycles. The van der Waals surface area contributed by atoms with Gasteiger partial charge in [-0.1, -0.05) is 0 Å². The molecule has 0 aromatic heterocycles. The Labute approximate surface area is 118 Å². The van der Waals surface area contributed by atoms with E-state index in [0.717, 1.165) is 25.7 Å². The van der Waals surface area contributed by atoms with Gasteiger partial charge in [-0.2, -0.15) is 0 Å².